The van der Waals surface area contributed by atoms with E-state index in [1.54, 1.807) is 0 Å². The molecule has 0 bridgehead atoms. The van der Waals surface area contributed by atoms with E-state index in [2.05, 4.69) is 26.1 Å². The zero-order chi connectivity index (χ0) is 23.3. The summed E-state index contributed by atoms with van der Waals surface area (Å²) in [6.45, 7) is 6.83. The van der Waals surface area contributed by atoms with E-state index < -0.39 is 5.97 Å². The van der Waals surface area contributed by atoms with E-state index in [0.29, 0.717) is 41.9 Å². The van der Waals surface area contributed by atoms with Crippen molar-refractivity contribution in [1.82, 2.24) is 5.32 Å². The minimum absolute atomic E-state index is 0.177. The molecular formula is C26H43NO5. The fourth-order valence-corrected chi connectivity index (χ4v) is 9.00. The Bertz CT molecular complexity index is 727. The Hall–Kier alpha value is -1.14. The quantitative estimate of drug-likeness (QED) is 0.496. The van der Waals surface area contributed by atoms with Gasteiger partial charge in [-0.2, -0.15) is 0 Å². The number of aliphatic carboxylic acids is 1. The zero-order valence-corrected chi connectivity index (χ0v) is 20.1. The molecule has 10 atom stereocenters. The fraction of sp³-hybridized carbons (Fsp3) is 0.923. The summed E-state index contributed by atoms with van der Waals surface area (Å²) in [4.78, 5) is 22.7. The van der Waals surface area contributed by atoms with Crippen molar-refractivity contribution < 1.29 is 24.9 Å². The van der Waals surface area contributed by atoms with Gasteiger partial charge in [-0.05, 0) is 104 Å². The molecule has 0 aromatic heterocycles. The highest BCUT2D eigenvalue weighted by Crippen LogP contribution is 2.68. The zero-order valence-electron chi connectivity index (χ0n) is 20.1. The van der Waals surface area contributed by atoms with Crippen LogP contribution < -0.4 is 5.32 Å². The second-order valence-electron chi connectivity index (χ2n) is 12.1. The van der Waals surface area contributed by atoms with Gasteiger partial charge in [-0.3, -0.25) is 9.59 Å². The largest absolute Gasteiger partial charge is 0.480 e. The maximum atomic E-state index is 12.0. The highest BCUT2D eigenvalue weighted by atomic mass is 16.4. The third-order valence-corrected chi connectivity index (χ3v) is 10.7. The molecule has 4 N–H and O–H groups in total. The maximum absolute atomic E-state index is 12.0. The fourth-order valence-electron chi connectivity index (χ4n) is 9.00. The first kappa shape index (κ1) is 24.0. The lowest BCUT2D eigenvalue weighted by Gasteiger charge is -2.62. The highest BCUT2D eigenvalue weighted by Gasteiger charge is 2.62. The van der Waals surface area contributed by atoms with Gasteiger partial charge in [-0.25, -0.2) is 0 Å². The molecule has 0 radical (unpaired) electrons. The summed E-state index contributed by atoms with van der Waals surface area (Å²) >= 11 is 0. The molecule has 0 heterocycles. The average molecular weight is 450 g/mol. The number of hydrogen-bond acceptors (Lipinski definition) is 4. The summed E-state index contributed by atoms with van der Waals surface area (Å²) in [7, 11) is 0. The molecule has 0 aromatic carbocycles. The van der Waals surface area contributed by atoms with Crippen molar-refractivity contribution >= 4 is 11.9 Å². The smallest absolute Gasteiger partial charge is 0.322 e. The SMILES string of the molecule is C[C@H](CCC(=O)NCC(=O)O)[C@@H]1CC[C@@H]2[C@H]3C(CC[C@@]21C)C1(C)CC[C@@H](O)C[C@H]1C[C@H]3O. The molecule has 0 saturated heterocycles. The number of amides is 1. The van der Waals surface area contributed by atoms with Gasteiger partial charge in [-0.15, -0.1) is 0 Å². The Kier molecular flexibility index (Phi) is 6.68. The number of aliphatic hydroxyl groups excluding tert-OH is 2. The molecule has 6 heteroatoms. The molecule has 4 aliphatic rings. The second-order valence-corrected chi connectivity index (χ2v) is 12.1. The third kappa shape index (κ3) is 4.11. The molecule has 0 spiro atoms. The van der Waals surface area contributed by atoms with Gasteiger partial charge in [0.2, 0.25) is 5.91 Å². The summed E-state index contributed by atoms with van der Waals surface area (Å²) < 4.78 is 0. The molecule has 0 aromatic rings. The van der Waals surface area contributed by atoms with E-state index >= 15 is 0 Å². The number of fused-ring (bicyclic) bond motifs is 5. The normalized spacial score (nSPS) is 46.5. The number of carbonyl (C=O) groups excluding carboxylic acids is 1. The minimum atomic E-state index is -1.01. The highest BCUT2D eigenvalue weighted by molar-refractivity contribution is 5.81. The predicted octanol–water partition coefficient (Wildman–Crippen LogP) is 3.59. The van der Waals surface area contributed by atoms with Crippen LogP contribution in [-0.4, -0.2) is 45.9 Å². The third-order valence-electron chi connectivity index (χ3n) is 10.7. The molecular weight excluding hydrogens is 406 g/mol. The first-order chi connectivity index (χ1) is 15.1. The summed E-state index contributed by atoms with van der Waals surface area (Å²) in [6.07, 6.45) is 9.06. The standard InChI is InChI=1S/C26H43NO5/c1-15(4-7-22(30)27-14-23(31)32)18-5-6-19-24-20(9-11-26(18,19)3)25(2)10-8-17(28)12-16(25)13-21(24)29/h15-21,24,28-29H,4-14H2,1-3H3,(H,27,30)(H,31,32)/t15-,16+,17-,18+,19-,20?,21-,24+,25?,26-/m1/s1. The Balaban J connectivity index is 1.44. The number of carboxylic acid groups (broad SMARTS) is 1. The molecule has 4 fully saturated rings. The van der Waals surface area contributed by atoms with Gasteiger partial charge in [-0.1, -0.05) is 20.8 Å². The van der Waals surface area contributed by atoms with Crippen molar-refractivity contribution in [2.75, 3.05) is 6.54 Å². The Morgan fingerprint density at radius 2 is 1.69 bits per heavy atom. The van der Waals surface area contributed by atoms with E-state index in [-0.39, 0.29) is 35.5 Å². The summed E-state index contributed by atoms with van der Waals surface area (Å²) in [5.41, 5.74) is 0.451. The van der Waals surface area contributed by atoms with Crippen molar-refractivity contribution in [3.8, 4) is 0 Å². The number of aliphatic hydroxyl groups is 2. The predicted molar refractivity (Wildman–Crippen MR) is 122 cm³/mol. The van der Waals surface area contributed by atoms with Gasteiger partial charge >= 0.3 is 5.97 Å². The molecule has 6 nitrogen and oxygen atoms in total. The molecule has 4 saturated carbocycles. The Morgan fingerprint density at radius 3 is 2.41 bits per heavy atom. The molecule has 4 rings (SSSR count). The lowest BCUT2D eigenvalue weighted by Crippen LogP contribution is -2.58. The first-order valence-electron chi connectivity index (χ1n) is 12.9. The molecule has 2 unspecified atom stereocenters. The first-order valence-corrected chi connectivity index (χ1v) is 12.9. The molecule has 4 aliphatic carbocycles. The van der Waals surface area contributed by atoms with Crippen LogP contribution in [0.2, 0.25) is 0 Å². The molecule has 0 aliphatic heterocycles. The molecule has 182 valence electrons. The average Bonchev–Trinajstić information content (AvgIpc) is 3.09. The maximum Gasteiger partial charge on any atom is 0.322 e. The lowest BCUT2D eigenvalue weighted by atomic mass is 9.43. The van der Waals surface area contributed by atoms with Crippen LogP contribution in [0.25, 0.3) is 0 Å². The Morgan fingerprint density at radius 1 is 1.00 bits per heavy atom. The van der Waals surface area contributed by atoms with E-state index in [0.717, 1.165) is 44.9 Å². The van der Waals surface area contributed by atoms with Gasteiger partial charge in [0, 0.05) is 6.42 Å². The van der Waals surface area contributed by atoms with Crippen molar-refractivity contribution in [2.24, 2.45) is 46.3 Å². The minimum Gasteiger partial charge on any atom is -0.480 e. The van der Waals surface area contributed by atoms with Gasteiger partial charge in [0.25, 0.3) is 0 Å². The van der Waals surface area contributed by atoms with Crippen LogP contribution in [0, 0.1) is 46.3 Å². The van der Waals surface area contributed by atoms with Crippen molar-refractivity contribution in [1.29, 1.82) is 0 Å². The van der Waals surface area contributed by atoms with Gasteiger partial charge < -0.3 is 20.6 Å². The summed E-state index contributed by atoms with van der Waals surface area (Å²) in [5, 5.41) is 32.8. The van der Waals surface area contributed by atoms with Crippen LogP contribution in [0.5, 0.6) is 0 Å². The monoisotopic (exact) mass is 449 g/mol. The number of rotatable bonds is 6. The van der Waals surface area contributed by atoms with E-state index in [4.69, 9.17) is 5.11 Å². The van der Waals surface area contributed by atoms with Gasteiger partial charge in [0.05, 0.1) is 12.2 Å². The van der Waals surface area contributed by atoms with E-state index in [9.17, 15) is 19.8 Å². The van der Waals surface area contributed by atoms with Crippen LogP contribution in [0.1, 0.15) is 85.0 Å². The van der Waals surface area contributed by atoms with Crippen LogP contribution >= 0.6 is 0 Å². The van der Waals surface area contributed by atoms with Crippen molar-refractivity contribution in [2.45, 2.75) is 97.2 Å². The topological polar surface area (TPSA) is 107 Å². The van der Waals surface area contributed by atoms with Crippen LogP contribution in [0.3, 0.4) is 0 Å². The summed E-state index contributed by atoms with van der Waals surface area (Å²) in [6, 6.07) is 0. The number of nitrogens with one attached hydrogen (secondary N) is 1. The lowest BCUT2D eigenvalue weighted by molar-refractivity contribution is -0.174. The number of carbonyl (C=O) groups is 2. The number of carboxylic acids is 1. The summed E-state index contributed by atoms with van der Waals surface area (Å²) in [5.74, 6) is 1.66. The second kappa shape index (κ2) is 8.90. The van der Waals surface area contributed by atoms with E-state index in [1.165, 1.54) is 12.8 Å². The number of hydrogen-bond donors (Lipinski definition) is 4. The van der Waals surface area contributed by atoms with Crippen molar-refractivity contribution in [3.05, 3.63) is 0 Å². The van der Waals surface area contributed by atoms with Crippen LogP contribution in [0.4, 0.5) is 0 Å². The van der Waals surface area contributed by atoms with E-state index in [1.807, 2.05) is 0 Å². The molecule has 1 amide bonds. The van der Waals surface area contributed by atoms with Crippen LogP contribution in [-0.2, 0) is 9.59 Å². The van der Waals surface area contributed by atoms with Gasteiger partial charge in [0.15, 0.2) is 0 Å². The van der Waals surface area contributed by atoms with Crippen molar-refractivity contribution in [3.63, 3.8) is 0 Å². The molecule has 32 heavy (non-hydrogen) atoms. The van der Waals surface area contributed by atoms with Crippen LogP contribution in [0.15, 0.2) is 0 Å². The van der Waals surface area contributed by atoms with Gasteiger partial charge in [0.1, 0.15) is 6.54 Å². The Labute approximate surface area is 192 Å².